The summed E-state index contributed by atoms with van der Waals surface area (Å²) in [6.07, 6.45) is 2.05. The second-order valence-corrected chi connectivity index (χ2v) is 7.11. The van der Waals surface area contributed by atoms with Crippen LogP contribution in [0.1, 0.15) is 46.5 Å². The second kappa shape index (κ2) is 7.67. The van der Waals surface area contributed by atoms with E-state index in [1.54, 1.807) is 20.8 Å². The molecule has 0 atom stereocenters. The monoisotopic (exact) mass is 354 g/mol. The number of nitrogens with one attached hydrogen (secondary N) is 1. The zero-order chi connectivity index (χ0) is 18.6. The normalized spacial score (nSPS) is 20.6. The molecule has 1 fully saturated rings. The van der Waals surface area contributed by atoms with E-state index in [1.165, 1.54) is 12.1 Å². The highest BCUT2D eigenvalue weighted by Crippen LogP contribution is 2.28. The number of carbonyl (C=O) groups is 1. The first kappa shape index (κ1) is 19.0. The van der Waals surface area contributed by atoms with Crippen molar-refractivity contribution in [3.63, 3.8) is 0 Å². The van der Waals surface area contributed by atoms with Gasteiger partial charge in [-0.3, -0.25) is 10.1 Å². The standard InChI is InChI=1S/C17H23FN2O5/c1-17(2,3)25-16(21)19-11-4-7-13(8-5-11)24-15-9-6-12(20(22)23)10-14(15)18/h6,9-11,13H,4-5,7-8H2,1-3H3,(H,19,21)/t11-,13-. The molecule has 7 nitrogen and oxygen atoms in total. The molecule has 138 valence electrons. The molecule has 0 spiro atoms. The highest BCUT2D eigenvalue weighted by Gasteiger charge is 2.26. The number of alkyl carbamates (subject to hydrolysis) is 1. The fourth-order valence-corrected chi connectivity index (χ4v) is 2.68. The van der Waals surface area contributed by atoms with Crippen molar-refractivity contribution < 1.29 is 23.6 Å². The Morgan fingerprint density at radius 1 is 1.28 bits per heavy atom. The van der Waals surface area contributed by atoms with E-state index in [0.29, 0.717) is 25.7 Å². The van der Waals surface area contributed by atoms with Gasteiger partial charge in [0, 0.05) is 12.1 Å². The van der Waals surface area contributed by atoms with Crippen molar-refractivity contribution in [2.24, 2.45) is 0 Å². The molecule has 1 saturated carbocycles. The summed E-state index contributed by atoms with van der Waals surface area (Å²) in [4.78, 5) is 21.7. The summed E-state index contributed by atoms with van der Waals surface area (Å²) >= 11 is 0. The highest BCUT2D eigenvalue weighted by atomic mass is 19.1. The van der Waals surface area contributed by atoms with Crippen LogP contribution in [0.2, 0.25) is 0 Å². The van der Waals surface area contributed by atoms with Gasteiger partial charge in [-0.1, -0.05) is 0 Å². The fraction of sp³-hybridized carbons (Fsp3) is 0.588. The molecule has 0 aliphatic heterocycles. The third-order valence-electron chi connectivity index (χ3n) is 3.81. The van der Waals surface area contributed by atoms with Crippen LogP contribution >= 0.6 is 0 Å². The Morgan fingerprint density at radius 2 is 1.92 bits per heavy atom. The Kier molecular flexibility index (Phi) is 5.81. The molecule has 0 saturated heterocycles. The van der Waals surface area contributed by atoms with Crippen LogP contribution in [0.15, 0.2) is 18.2 Å². The van der Waals surface area contributed by atoms with Crippen LogP contribution in [0.3, 0.4) is 0 Å². The number of nitro benzene ring substituents is 1. The summed E-state index contributed by atoms with van der Waals surface area (Å²) in [5.41, 5.74) is -0.854. The van der Waals surface area contributed by atoms with Crippen LogP contribution < -0.4 is 10.1 Å². The SMILES string of the molecule is CC(C)(C)OC(=O)N[C@H]1CC[C@H](Oc2ccc([N+](=O)[O-])cc2F)CC1. The Bertz CT molecular complexity index is 636. The smallest absolute Gasteiger partial charge is 0.407 e. The number of hydrogen-bond acceptors (Lipinski definition) is 5. The quantitative estimate of drug-likeness (QED) is 0.653. The van der Waals surface area contributed by atoms with Crippen molar-refractivity contribution in [2.45, 2.75) is 64.2 Å². The van der Waals surface area contributed by atoms with Crippen LogP contribution in [0, 0.1) is 15.9 Å². The lowest BCUT2D eigenvalue weighted by molar-refractivity contribution is -0.385. The molecule has 1 aromatic carbocycles. The molecule has 0 aromatic heterocycles. The summed E-state index contributed by atoms with van der Waals surface area (Å²) in [5, 5.41) is 13.4. The molecule has 1 aliphatic rings. The predicted molar refractivity (Wildman–Crippen MR) is 89.1 cm³/mol. The minimum atomic E-state index is -0.747. The van der Waals surface area contributed by atoms with E-state index in [0.717, 1.165) is 6.07 Å². The van der Waals surface area contributed by atoms with Gasteiger partial charge in [0.2, 0.25) is 0 Å². The molecular weight excluding hydrogens is 331 g/mol. The Balaban J connectivity index is 1.83. The molecule has 25 heavy (non-hydrogen) atoms. The number of rotatable bonds is 4. The summed E-state index contributed by atoms with van der Waals surface area (Å²) in [5.74, 6) is -0.739. The Morgan fingerprint density at radius 3 is 2.44 bits per heavy atom. The molecule has 2 rings (SSSR count). The van der Waals surface area contributed by atoms with Crippen LogP contribution in [0.25, 0.3) is 0 Å². The number of amides is 1. The topological polar surface area (TPSA) is 90.7 Å². The van der Waals surface area contributed by atoms with E-state index in [1.807, 2.05) is 0 Å². The zero-order valence-corrected chi connectivity index (χ0v) is 14.6. The lowest BCUT2D eigenvalue weighted by atomic mass is 9.93. The van der Waals surface area contributed by atoms with E-state index < -0.39 is 22.4 Å². The summed E-state index contributed by atoms with van der Waals surface area (Å²) in [6.45, 7) is 5.40. The van der Waals surface area contributed by atoms with Crippen molar-refractivity contribution in [3.05, 3.63) is 34.1 Å². The first-order valence-corrected chi connectivity index (χ1v) is 8.24. The minimum Gasteiger partial charge on any atom is -0.487 e. The van der Waals surface area contributed by atoms with Gasteiger partial charge >= 0.3 is 6.09 Å². The van der Waals surface area contributed by atoms with Gasteiger partial charge in [0.25, 0.3) is 5.69 Å². The molecule has 0 bridgehead atoms. The van der Waals surface area contributed by atoms with Crippen LogP contribution in [-0.4, -0.2) is 28.8 Å². The number of carbonyl (C=O) groups excluding carboxylic acids is 1. The van der Waals surface area contributed by atoms with Crippen LogP contribution in [0.5, 0.6) is 5.75 Å². The maximum atomic E-state index is 13.9. The van der Waals surface area contributed by atoms with E-state index in [4.69, 9.17) is 9.47 Å². The molecule has 1 amide bonds. The largest absolute Gasteiger partial charge is 0.487 e. The van der Waals surface area contributed by atoms with Gasteiger partial charge < -0.3 is 14.8 Å². The van der Waals surface area contributed by atoms with Crippen molar-refractivity contribution in [3.8, 4) is 5.75 Å². The summed E-state index contributed by atoms with van der Waals surface area (Å²) < 4.78 is 24.7. The maximum absolute atomic E-state index is 13.9. The molecule has 0 heterocycles. The van der Waals surface area contributed by atoms with Gasteiger partial charge in [-0.15, -0.1) is 0 Å². The third kappa shape index (κ3) is 5.88. The fourth-order valence-electron chi connectivity index (χ4n) is 2.68. The van der Waals surface area contributed by atoms with E-state index in [9.17, 15) is 19.3 Å². The van der Waals surface area contributed by atoms with Gasteiger partial charge in [-0.2, -0.15) is 0 Å². The number of hydrogen-bond donors (Lipinski definition) is 1. The molecule has 0 unspecified atom stereocenters. The van der Waals surface area contributed by atoms with Gasteiger partial charge in [0.1, 0.15) is 5.60 Å². The van der Waals surface area contributed by atoms with Gasteiger partial charge in [0.15, 0.2) is 11.6 Å². The first-order valence-electron chi connectivity index (χ1n) is 8.24. The number of nitro groups is 1. The lowest BCUT2D eigenvalue weighted by Gasteiger charge is -2.30. The number of non-ortho nitro benzene ring substituents is 1. The average molecular weight is 354 g/mol. The lowest BCUT2D eigenvalue weighted by Crippen LogP contribution is -2.42. The minimum absolute atomic E-state index is 0.00333. The Hall–Kier alpha value is -2.38. The number of halogens is 1. The molecule has 1 aliphatic carbocycles. The zero-order valence-electron chi connectivity index (χ0n) is 14.6. The van der Waals surface area contributed by atoms with Crippen LogP contribution in [0.4, 0.5) is 14.9 Å². The molecule has 8 heteroatoms. The number of ether oxygens (including phenoxy) is 2. The van der Waals surface area contributed by atoms with Crippen molar-refractivity contribution in [1.29, 1.82) is 0 Å². The predicted octanol–water partition coefficient (Wildman–Crippen LogP) is 3.95. The van der Waals surface area contributed by atoms with E-state index >= 15 is 0 Å². The van der Waals surface area contributed by atoms with Crippen molar-refractivity contribution in [1.82, 2.24) is 5.32 Å². The van der Waals surface area contributed by atoms with E-state index in [2.05, 4.69) is 5.32 Å². The highest BCUT2D eigenvalue weighted by molar-refractivity contribution is 5.68. The average Bonchev–Trinajstić information content (AvgIpc) is 2.49. The van der Waals surface area contributed by atoms with Gasteiger partial charge in [-0.25, -0.2) is 9.18 Å². The van der Waals surface area contributed by atoms with Gasteiger partial charge in [0.05, 0.1) is 17.1 Å². The molecule has 0 radical (unpaired) electrons. The Labute approximate surface area is 145 Å². The summed E-state index contributed by atoms with van der Waals surface area (Å²) in [7, 11) is 0. The third-order valence-corrected chi connectivity index (χ3v) is 3.81. The van der Waals surface area contributed by atoms with Crippen molar-refractivity contribution in [2.75, 3.05) is 0 Å². The van der Waals surface area contributed by atoms with Crippen LogP contribution in [-0.2, 0) is 4.74 Å². The molecule has 1 N–H and O–H groups in total. The van der Waals surface area contributed by atoms with E-state index in [-0.39, 0.29) is 23.6 Å². The second-order valence-electron chi connectivity index (χ2n) is 7.11. The summed E-state index contributed by atoms with van der Waals surface area (Å²) in [6, 6.07) is 3.34. The number of nitrogens with zero attached hydrogens (tertiary/aromatic N) is 1. The number of benzene rings is 1. The maximum Gasteiger partial charge on any atom is 0.407 e. The molecule has 1 aromatic rings. The van der Waals surface area contributed by atoms with Gasteiger partial charge in [-0.05, 0) is 52.5 Å². The first-order chi connectivity index (χ1) is 11.6. The van der Waals surface area contributed by atoms with Crippen molar-refractivity contribution >= 4 is 11.8 Å². The molecular formula is C17H23FN2O5.